The monoisotopic (exact) mass is 406 g/mol. The number of carbonyl (C=O) groups is 1. The quantitative estimate of drug-likeness (QED) is 0.792. The molecule has 1 atom stereocenters. The van der Waals surface area contributed by atoms with Crippen molar-refractivity contribution in [2.45, 2.75) is 44.8 Å². The zero-order valence-corrected chi connectivity index (χ0v) is 16.3. The highest BCUT2D eigenvalue weighted by atomic mass is 19.4. The van der Waals surface area contributed by atoms with Gasteiger partial charge >= 0.3 is 6.18 Å². The molecule has 0 bridgehead atoms. The Hall–Kier alpha value is -2.64. The van der Waals surface area contributed by atoms with Crippen molar-refractivity contribution >= 4 is 11.7 Å². The number of nitrogens with one attached hydrogen (secondary N) is 1. The smallest absolute Gasteiger partial charge is 0.356 e. The second kappa shape index (κ2) is 9.24. The summed E-state index contributed by atoms with van der Waals surface area (Å²) in [6.07, 6.45) is -0.631. The number of nitrogens with zero attached hydrogens (tertiary/aromatic N) is 3. The number of rotatable bonds is 6. The van der Waals surface area contributed by atoms with Crippen molar-refractivity contribution in [3.05, 3.63) is 54.0 Å². The molecule has 0 unspecified atom stereocenters. The molecule has 1 aromatic carbocycles. The number of carbonyl (C=O) groups excluding carboxylic acids is 1. The zero-order chi connectivity index (χ0) is 20.9. The lowest BCUT2D eigenvalue weighted by Crippen LogP contribution is -2.43. The number of aromatic nitrogens is 2. The number of hydrogen-bond acceptors (Lipinski definition) is 4. The summed E-state index contributed by atoms with van der Waals surface area (Å²) in [7, 11) is 0. The molecule has 2 heterocycles. The summed E-state index contributed by atoms with van der Waals surface area (Å²) in [6.45, 7) is 2.98. The van der Waals surface area contributed by atoms with Gasteiger partial charge in [-0.25, -0.2) is 9.97 Å². The highest BCUT2D eigenvalue weighted by Crippen LogP contribution is 2.30. The van der Waals surface area contributed by atoms with Crippen LogP contribution in [-0.2, 0) is 17.4 Å². The summed E-state index contributed by atoms with van der Waals surface area (Å²) >= 11 is 0. The van der Waals surface area contributed by atoms with Crippen LogP contribution >= 0.6 is 0 Å². The molecule has 156 valence electrons. The molecule has 2 aromatic rings. The third-order valence-corrected chi connectivity index (χ3v) is 5.23. The Bertz CT molecular complexity index is 805. The zero-order valence-electron chi connectivity index (χ0n) is 16.3. The minimum Gasteiger partial charge on any atom is -0.356 e. The van der Waals surface area contributed by atoms with Gasteiger partial charge in [0.05, 0.1) is 0 Å². The van der Waals surface area contributed by atoms with Crippen molar-refractivity contribution in [2.24, 2.45) is 5.92 Å². The molecule has 1 N–H and O–H groups in total. The van der Waals surface area contributed by atoms with E-state index in [9.17, 15) is 18.0 Å². The highest BCUT2D eigenvalue weighted by molar-refractivity contribution is 5.79. The fraction of sp³-hybridized carbons (Fsp3) is 0.476. The number of anilines is 1. The van der Waals surface area contributed by atoms with Crippen molar-refractivity contribution < 1.29 is 18.0 Å². The molecule has 5 nitrogen and oxygen atoms in total. The number of halogens is 3. The number of aryl methyl sites for hydroxylation is 1. The molecule has 0 aliphatic carbocycles. The van der Waals surface area contributed by atoms with E-state index in [-0.39, 0.29) is 23.7 Å². The SMILES string of the molecule is C[C@@H](CCc1ccccc1)NC(=O)C1CCN(c2cc(C(F)(F)F)ncn2)CC1. The molecule has 1 aromatic heterocycles. The third kappa shape index (κ3) is 5.92. The van der Waals surface area contributed by atoms with Gasteiger partial charge in [-0.2, -0.15) is 13.2 Å². The van der Waals surface area contributed by atoms with Crippen molar-refractivity contribution in [2.75, 3.05) is 18.0 Å². The summed E-state index contributed by atoms with van der Waals surface area (Å²) in [5, 5.41) is 3.07. The molecular weight excluding hydrogens is 381 g/mol. The van der Waals surface area contributed by atoms with E-state index in [1.54, 1.807) is 4.90 Å². The van der Waals surface area contributed by atoms with E-state index in [2.05, 4.69) is 27.4 Å². The molecule has 1 aliphatic heterocycles. The second-order valence-corrected chi connectivity index (χ2v) is 7.45. The molecule has 3 rings (SSSR count). The number of piperidine rings is 1. The van der Waals surface area contributed by atoms with Gasteiger partial charge in [0.15, 0.2) is 0 Å². The van der Waals surface area contributed by atoms with Crippen LogP contribution in [0.15, 0.2) is 42.7 Å². The van der Waals surface area contributed by atoms with Crippen LogP contribution in [0.2, 0.25) is 0 Å². The van der Waals surface area contributed by atoms with Gasteiger partial charge in [-0.1, -0.05) is 30.3 Å². The molecule has 29 heavy (non-hydrogen) atoms. The van der Waals surface area contributed by atoms with Crippen molar-refractivity contribution in [3.8, 4) is 0 Å². The predicted octanol–water partition coefficient (Wildman–Crippen LogP) is 3.85. The summed E-state index contributed by atoms with van der Waals surface area (Å²) in [5.74, 6) is 0.139. The Kier molecular flexibility index (Phi) is 6.71. The fourth-order valence-corrected chi connectivity index (χ4v) is 3.51. The second-order valence-electron chi connectivity index (χ2n) is 7.45. The van der Waals surface area contributed by atoms with E-state index in [1.807, 2.05) is 25.1 Å². The molecule has 1 amide bonds. The number of hydrogen-bond donors (Lipinski definition) is 1. The van der Waals surface area contributed by atoms with Gasteiger partial charge in [-0.05, 0) is 38.2 Å². The maximum Gasteiger partial charge on any atom is 0.433 e. The summed E-state index contributed by atoms with van der Waals surface area (Å²) in [4.78, 5) is 21.6. The predicted molar refractivity (Wildman–Crippen MR) is 104 cm³/mol. The van der Waals surface area contributed by atoms with Crippen LogP contribution in [0, 0.1) is 5.92 Å². The van der Waals surface area contributed by atoms with Gasteiger partial charge in [0.25, 0.3) is 0 Å². The summed E-state index contributed by atoms with van der Waals surface area (Å²) in [5.41, 5.74) is 0.291. The Morgan fingerprint density at radius 2 is 1.90 bits per heavy atom. The van der Waals surface area contributed by atoms with E-state index >= 15 is 0 Å². The Labute approximate surface area is 168 Å². The largest absolute Gasteiger partial charge is 0.433 e. The topological polar surface area (TPSA) is 58.1 Å². The van der Waals surface area contributed by atoms with Crippen LogP contribution in [-0.4, -0.2) is 35.0 Å². The van der Waals surface area contributed by atoms with E-state index < -0.39 is 11.9 Å². The van der Waals surface area contributed by atoms with Gasteiger partial charge < -0.3 is 10.2 Å². The first-order valence-electron chi connectivity index (χ1n) is 9.81. The number of alkyl halides is 3. The average molecular weight is 406 g/mol. The first kappa shape index (κ1) is 21.1. The Balaban J connectivity index is 1.47. The molecule has 8 heteroatoms. The van der Waals surface area contributed by atoms with Crippen molar-refractivity contribution in [1.29, 1.82) is 0 Å². The molecule has 0 radical (unpaired) electrons. The molecule has 1 aliphatic rings. The summed E-state index contributed by atoms with van der Waals surface area (Å²) < 4.78 is 38.5. The molecule has 1 saturated heterocycles. The average Bonchev–Trinajstić information content (AvgIpc) is 2.72. The molecule has 1 fully saturated rings. The number of benzene rings is 1. The Morgan fingerprint density at radius 1 is 1.21 bits per heavy atom. The normalized spacial score (nSPS) is 16.5. The van der Waals surface area contributed by atoms with E-state index in [0.29, 0.717) is 25.9 Å². The first-order chi connectivity index (χ1) is 13.8. The lowest BCUT2D eigenvalue weighted by atomic mass is 9.95. The van der Waals surface area contributed by atoms with Crippen LogP contribution in [0.25, 0.3) is 0 Å². The lowest BCUT2D eigenvalue weighted by molar-refractivity contribution is -0.141. The molecule has 0 spiro atoms. The molecular formula is C21H25F3N4O. The fourth-order valence-electron chi connectivity index (χ4n) is 3.51. The summed E-state index contributed by atoms with van der Waals surface area (Å²) in [6, 6.07) is 11.2. The first-order valence-corrected chi connectivity index (χ1v) is 9.81. The van der Waals surface area contributed by atoms with Gasteiger partial charge in [0.2, 0.25) is 5.91 Å². The van der Waals surface area contributed by atoms with Crippen LogP contribution in [0.5, 0.6) is 0 Å². The minimum absolute atomic E-state index is 0.0175. The maximum atomic E-state index is 12.8. The van der Waals surface area contributed by atoms with Crippen LogP contribution in [0.4, 0.5) is 19.0 Å². The van der Waals surface area contributed by atoms with E-state index in [4.69, 9.17) is 0 Å². The maximum absolute atomic E-state index is 12.8. The van der Waals surface area contributed by atoms with Gasteiger partial charge in [-0.15, -0.1) is 0 Å². The highest BCUT2D eigenvalue weighted by Gasteiger charge is 2.34. The lowest BCUT2D eigenvalue weighted by Gasteiger charge is -2.32. The molecule has 0 saturated carbocycles. The van der Waals surface area contributed by atoms with Gasteiger partial charge in [0.1, 0.15) is 17.8 Å². The standard InChI is InChI=1S/C21H25F3N4O/c1-15(7-8-16-5-3-2-4-6-16)27-20(29)17-9-11-28(12-10-17)19-13-18(21(22,23)24)25-14-26-19/h2-6,13-15,17H,7-12H2,1H3,(H,27,29)/t15-/m0/s1. The van der Waals surface area contributed by atoms with Crippen molar-refractivity contribution in [3.63, 3.8) is 0 Å². The van der Waals surface area contributed by atoms with Gasteiger partial charge in [0, 0.05) is 31.1 Å². The third-order valence-electron chi connectivity index (χ3n) is 5.23. The van der Waals surface area contributed by atoms with Crippen molar-refractivity contribution in [1.82, 2.24) is 15.3 Å². The minimum atomic E-state index is -4.49. The van der Waals surface area contributed by atoms with Gasteiger partial charge in [-0.3, -0.25) is 4.79 Å². The van der Waals surface area contributed by atoms with Crippen LogP contribution < -0.4 is 10.2 Å². The van der Waals surface area contributed by atoms with Crippen LogP contribution in [0.3, 0.4) is 0 Å². The van der Waals surface area contributed by atoms with E-state index in [1.165, 1.54) is 5.56 Å². The number of amides is 1. The van der Waals surface area contributed by atoms with E-state index in [0.717, 1.165) is 25.2 Å². The Morgan fingerprint density at radius 3 is 2.55 bits per heavy atom. The van der Waals surface area contributed by atoms with Crippen LogP contribution in [0.1, 0.15) is 37.4 Å².